The molecule has 2 amide bonds. The molecule has 2 aliphatic rings. The molecule has 1 aromatic carbocycles. The molecule has 2 saturated heterocycles. The van der Waals surface area contributed by atoms with Gasteiger partial charge in [-0.2, -0.15) is 0 Å². The molecule has 6 N–H and O–H groups in total. The Morgan fingerprint density at radius 2 is 2.05 bits per heavy atom. The number of hydrogen-bond acceptors (Lipinski definition) is 6. The van der Waals surface area contributed by atoms with Gasteiger partial charge in [-0.3, -0.25) is 30.8 Å². The molecule has 204 valence electrons. The Bertz CT molecular complexity index is 1140. The molecular weight excluding hydrogens is 520 g/mol. The number of hydrogen-bond donors (Lipinski definition) is 4. The van der Waals surface area contributed by atoms with E-state index in [9.17, 15) is 14.4 Å². The van der Waals surface area contributed by atoms with Gasteiger partial charge in [0.1, 0.15) is 6.04 Å². The summed E-state index contributed by atoms with van der Waals surface area (Å²) in [7, 11) is 0. The van der Waals surface area contributed by atoms with Crippen LogP contribution in [0.15, 0.2) is 41.9 Å². The molecular formula is C27H37N6O3S2+. The third kappa shape index (κ3) is 6.74. The third-order valence-electron chi connectivity index (χ3n) is 7.36. The molecule has 2 fully saturated rings. The molecule has 0 spiro atoms. The molecule has 38 heavy (non-hydrogen) atoms. The number of aryl methyl sites for hydroxylation is 1. The molecule has 11 heteroatoms. The second-order valence-corrected chi connectivity index (χ2v) is 12.5. The number of thioether (sulfide) groups is 1. The number of nitrogens with one attached hydrogen (secondary N) is 2. The lowest BCUT2D eigenvalue weighted by atomic mass is 9.87. The molecule has 1 unspecified atom stereocenters. The Morgan fingerprint density at radius 3 is 2.76 bits per heavy atom. The maximum absolute atomic E-state index is 13.7. The van der Waals surface area contributed by atoms with Crippen LogP contribution >= 0.6 is 23.1 Å². The minimum absolute atomic E-state index is 0.0536. The fourth-order valence-electron chi connectivity index (χ4n) is 5.30. The van der Waals surface area contributed by atoms with E-state index in [2.05, 4.69) is 34.3 Å². The van der Waals surface area contributed by atoms with Gasteiger partial charge in [0.25, 0.3) is 0 Å². The van der Waals surface area contributed by atoms with Crippen molar-refractivity contribution >= 4 is 46.7 Å². The van der Waals surface area contributed by atoms with Crippen molar-refractivity contribution in [2.24, 2.45) is 17.4 Å². The van der Waals surface area contributed by atoms with E-state index in [0.29, 0.717) is 30.1 Å². The van der Waals surface area contributed by atoms with Gasteiger partial charge in [0.05, 0.1) is 17.5 Å². The van der Waals surface area contributed by atoms with Crippen molar-refractivity contribution in [3.8, 4) is 0 Å². The van der Waals surface area contributed by atoms with Crippen LogP contribution in [0.5, 0.6) is 0 Å². The summed E-state index contributed by atoms with van der Waals surface area (Å²) in [5.74, 6) is 0.0856. The van der Waals surface area contributed by atoms with Crippen LogP contribution in [0, 0.1) is 5.92 Å². The summed E-state index contributed by atoms with van der Waals surface area (Å²) in [6.07, 6.45) is 6.90. The second-order valence-electron chi connectivity index (χ2n) is 10.1. The predicted molar refractivity (Wildman–Crippen MR) is 150 cm³/mol. The van der Waals surface area contributed by atoms with Gasteiger partial charge in [-0.05, 0) is 57.4 Å². The number of carbonyl (C=O) groups is 3. The summed E-state index contributed by atoms with van der Waals surface area (Å²) < 4.78 is 0. The molecule has 0 aliphatic carbocycles. The molecule has 4 rings (SSSR count). The van der Waals surface area contributed by atoms with Crippen molar-refractivity contribution in [3.05, 3.63) is 52.5 Å². The lowest BCUT2D eigenvalue weighted by molar-refractivity contribution is -0.459. The maximum atomic E-state index is 13.7. The Morgan fingerprint density at radius 1 is 1.26 bits per heavy atom. The van der Waals surface area contributed by atoms with Crippen LogP contribution in [0.3, 0.4) is 0 Å². The molecule has 1 aromatic heterocycles. The van der Waals surface area contributed by atoms with Gasteiger partial charge in [-0.15, -0.1) is 23.1 Å². The Kier molecular flexibility index (Phi) is 9.43. The molecule has 2 aromatic rings. The van der Waals surface area contributed by atoms with Gasteiger partial charge in [-0.1, -0.05) is 30.3 Å². The largest absolute Gasteiger partial charge is 0.344 e. The van der Waals surface area contributed by atoms with Gasteiger partial charge in [-0.25, -0.2) is 4.98 Å². The van der Waals surface area contributed by atoms with Crippen molar-refractivity contribution in [2.75, 3.05) is 12.3 Å². The molecule has 2 aliphatic heterocycles. The van der Waals surface area contributed by atoms with Gasteiger partial charge >= 0.3 is 5.96 Å². The van der Waals surface area contributed by atoms with Crippen LogP contribution in [0.4, 0.5) is 0 Å². The number of fused-ring (bicyclic) bond motifs is 1. The van der Waals surface area contributed by atoms with E-state index in [1.165, 1.54) is 16.9 Å². The van der Waals surface area contributed by atoms with E-state index in [0.717, 1.165) is 32.1 Å². The first-order chi connectivity index (χ1) is 18.3. The van der Waals surface area contributed by atoms with Crippen molar-refractivity contribution in [2.45, 2.75) is 68.8 Å². The predicted octanol–water partition coefficient (Wildman–Crippen LogP) is 1.04. The summed E-state index contributed by atoms with van der Waals surface area (Å²) in [4.78, 5) is 48.8. The first-order valence-electron chi connectivity index (χ1n) is 13.2. The highest BCUT2D eigenvalue weighted by molar-refractivity contribution is 8.00. The topological polar surface area (TPSA) is 145 Å². The normalized spacial score (nSPS) is 23.5. The average molecular weight is 558 g/mol. The summed E-state index contributed by atoms with van der Waals surface area (Å²) in [5.41, 5.74) is 12.2. The van der Waals surface area contributed by atoms with Crippen molar-refractivity contribution in [1.29, 1.82) is 0 Å². The minimum atomic E-state index is -0.743. The lowest BCUT2D eigenvalue weighted by Gasteiger charge is -2.44. The Balaban J connectivity index is 1.41. The highest BCUT2D eigenvalue weighted by Crippen LogP contribution is 2.48. The first kappa shape index (κ1) is 28.1. The number of Topliss-reactive ketones (excluding diaryl/α,β-unsaturated/α-hetero) is 1. The zero-order valence-electron chi connectivity index (χ0n) is 21.7. The monoisotopic (exact) mass is 557 g/mol. The van der Waals surface area contributed by atoms with Crippen LogP contribution in [-0.2, 0) is 16.0 Å². The van der Waals surface area contributed by atoms with E-state index in [4.69, 9.17) is 11.5 Å². The Labute approximate surface area is 231 Å². The van der Waals surface area contributed by atoms with Gasteiger partial charge < -0.3 is 10.2 Å². The standard InChI is InChI=1S/C27H36N6O3S2/c1-27-13-12-19(10-5-9-18-7-3-2-4-8-18)25(36)33(27)21(17-38-27)23(35)32-20(11-6-14-31-26(28)29)22(34)24-30-15-16-37-24/h2-4,7-8,15-16,19-21H,5-6,9-14,17H2,1H3,(H,32,35)(H4,28,29,31)/p+1/t19-,20?,21+,27+/m1/s1. The maximum Gasteiger partial charge on any atom is 0.338 e. The average Bonchev–Trinajstić information content (AvgIpc) is 3.56. The SMILES string of the molecule is C[C@]12CC[C@@H](CCCc3ccccc3)C(=O)N1[C@H](C(=O)NC(CCC[NH+]=C(N)N)C(=O)c1nccs1)CS2. The number of piperidine rings is 1. The molecule has 4 atom stereocenters. The van der Waals surface area contributed by atoms with Gasteiger partial charge in [0.2, 0.25) is 17.6 Å². The minimum Gasteiger partial charge on any atom is -0.344 e. The lowest BCUT2D eigenvalue weighted by Crippen LogP contribution is -2.78. The van der Waals surface area contributed by atoms with Gasteiger partial charge in [0, 0.05) is 23.2 Å². The number of rotatable bonds is 12. The molecule has 0 saturated carbocycles. The number of carbonyl (C=O) groups excluding carboxylic acids is 3. The number of nitrogens with zero attached hydrogens (tertiary/aromatic N) is 2. The molecule has 9 nitrogen and oxygen atoms in total. The zero-order valence-corrected chi connectivity index (χ0v) is 23.4. The summed E-state index contributed by atoms with van der Waals surface area (Å²) >= 11 is 2.90. The number of amides is 2. The van der Waals surface area contributed by atoms with Crippen LogP contribution in [0.25, 0.3) is 0 Å². The van der Waals surface area contributed by atoms with Crippen molar-refractivity contribution in [3.63, 3.8) is 0 Å². The molecule has 0 radical (unpaired) electrons. The number of nitrogens with two attached hydrogens (primary N) is 2. The molecule has 3 heterocycles. The summed E-state index contributed by atoms with van der Waals surface area (Å²) in [6.45, 7) is 2.53. The van der Waals surface area contributed by atoms with Crippen LogP contribution < -0.4 is 21.8 Å². The van der Waals surface area contributed by atoms with Gasteiger partial charge in [0.15, 0.2) is 5.01 Å². The van der Waals surface area contributed by atoms with Crippen molar-refractivity contribution in [1.82, 2.24) is 15.2 Å². The second kappa shape index (κ2) is 12.8. The highest BCUT2D eigenvalue weighted by atomic mass is 32.2. The van der Waals surface area contributed by atoms with E-state index in [-0.39, 0.29) is 29.5 Å². The number of thiazole rings is 1. The van der Waals surface area contributed by atoms with Crippen molar-refractivity contribution < 1.29 is 19.4 Å². The summed E-state index contributed by atoms with van der Waals surface area (Å²) in [6, 6.07) is 8.95. The van der Waals surface area contributed by atoms with E-state index < -0.39 is 17.0 Å². The smallest absolute Gasteiger partial charge is 0.338 e. The third-order valence-corrected chi connectivity index (χ3v) is 9.65. The fourth-order valence-corrected chi connectivity index (χ4v) is 7.37. The van der Waals surface area contributed by atoms with E-state index in [1.807, 2.05) is 18.2 Å². The van der Waals surface area contributed by atoms with E-state index >= 15 is 0 Å². The number of ketones is 1. The fraction of sp³-hybridized carbons (Fsp3) is 0.519. The number of aromatic nitrogens is 1. The Hall–Kier alpha value is -2.92. The van der Waals surface area contributed by atoms with Crippen LogP contribution in [-0.4, -0.2) is 62.7 Å². The number of benzene rings is 1. The first-order valence-corrected chi connectivity index (χ1v) is 15.0. The van der Waals surface area contributed by atoms with Crippen LogP contribution in [0.2, 0.25) is 0 Å². The molecule has 0 bridgehead atoms. The highest BCUT2D eigenvalue weighted by Gasteiger charge is 2.53. The summed E-state index contributed by atoms with van der Waals surface area (Å²) in [5, 5.41) is 5.05. The van der Waals surface area contributed by atoms with E-state index in [1.54, 1.807) is 28.2 Å². The quantitative estimate of drug-likeness (QED) is 0.132. The number of guanidine groups is 1. The zero-order chi connectivity index (χ0) is 27.1. The van der Waals surface area contributed by atoms with Crippen LogP contribution in [0.1, 0.15) is 60.8 Å².